The van der Waals surface area contributed by atoms with E-state index in [9.17, 15) is 0 Å². The summed E-state index contributed by atoms with van der Waals surface area (Å²) >= 11 is 0. The maximum atomic E-state index is 3.85. The summed E-state index contributed by atoms with van der Waals surface area (Å²) in [6.45, 7) is 14.1. The van der Waals surface area contributed by atoms with Gasteiger partial charge in [0.05, 0.1) is 0 Å². The van der Waals surface area contributed by atoms with E-state index in [1.54, 1.807) is 0 Å². The number of piperazine rings is 1. The second-order valence-corrected chi connectivity index (χ2v) is 4.70. The molecule has 1 fully saturated rings. The zero-order chi connectivity index (χ0) is 11.3. The lowest BCUT2D eigenvalue weighted by atomic mass is 9.95. The van der Waals surface area contributed by atoms with Crippen molar-refractivity contribution in [2.75, 3.05) is 19.6 Å². The van der Waals surface area contributed by atoms with Crippen LogP contribution in [0.5, 0.6) is 0 Å². The lowest BCUT2D eigenvalue weighted by Gasteiger charge is -2.41. The first-order chi connectivity index (χ1) is 7.22. The molecule has 0 bridgehead atoms. The van der Waals surface area contributed by atoms with Crippen molar-refractivity contribution in [1.82, 2.24) is 10.2 Å². The van der Waals surface area contributed by atoms with Crippen LogP contribution in [0.15, 0.2) is 12.7 Å². The Labute approximate surface area is 94.7 Å². The Bertz CT molecular complexity index is 191. The predicted molar refractivity (Wildman–Crippen MR) is 67.1 cm³/mol. The molecule has 0 saturated carbocycles. The molecule has 0 aliphatic carbocycles. The van der Waals surface area contributed by atoms with Crippen LogP contribution in [0.4, 0.5) is 0 Å². The van der Waals surface area contributed by atoms with E-state index in [2.05, 4.69) is 37.6 Å². The van der Waals surface area contributed by atoms with Gasteiger partial charge in [0.15, 0.2) is 0 Å². The Morgan fingerprint density at radius 3 is 2.80 bits per heavy atom. The van der Waals surface area contributed by atoms with Crippen LogP contribution in [0.25, 0.3) is 0 Å². The van der Waals surface area contributed by atoms with Gasteiger partial charge in [-0.05, 0) is 12.3 Å². The fourth-order valence-corrected chi connectivity index (χ4v) is 2.34. The smallest absolute Gasteiger partial charge is 0.0222 e. The van der Waals surface area contributed by atoms with Crippen molar-refractivity contribution in [2.24, 2.45) is 5.92 Å². The van der Waals surface area contributed by atoms with E-state index in [1.165, 1.54) is 19.4 Å². The Morgan fingerprint density at radius 1 is 1.53 bits per heavy atom. The monoisotopic (exact) mass is 210 g/mol. The van der Waals surface area contributed by atoms with E-state index in [4.69, 9.17) is 0 Å². The van der Waals surface area contributed by atoms with Crippen LogP contribution in [0.2, 0.25) is 0 Å². The van der Waals surface area contributed by atoms with Crippen molar-refractivity contribution in [2.45, 2.75) is 45.7 Å². The van der Waals surface area contributed by atoms with Crippen molar-refractivity contribution in [3.8, 4) is 0 Å². The van der Waals surface area contributed by atoms with Gasteiger partial charge in [-0.1, -0.05) is 33.3 Å². The Hall–Kier alpha value is -0.340. The number of hydrogen-bond acceptors (Lipinski definition) is 2. The third-order valence-electron chi connectivity index (χ3n) is 3.73. The van der Waals surface area contributed by atoms with E-state index in [0.29, 0.717) is 12.1 Å². The van der Waals surface area contributed by atoms with Gasteiger partial charge in [0, 0.05) is 31.7 Å². The third-order valence-corrected chi connectivity index (χ3v) is 3.73. The molecule has 1 aliphatic heterocycles. The van der Waals surface area contributed by atoms with Crippen molar-refractivity contribution < 1.29 is 0 Å². The summed E-state index contributed by atoms with van der Waals surface area (Å²) in [6, 6.07) is 1.36. The average Bonchev–Trinajstić information content (AvgIpc) is 2.28. The molecule has 0 aromatic carbocycles. The number of nitrogens with one attached hydrogen (secondary N) is 1. The van der Waals surface area contributed by atoms with Crippen LogP contribution < -0.4 is 5.32 Å². The molecule has 3 unspecified atom stereocenters. The van der Waals surface area contributed by atoms with Crippen molar-refractivity contribution in [3.63, 3.8) is 0 Å². The van der Waals surface area contributed by atoms with Gasteiger partial charge in [0.2, 0.25) is 0 Å². The molecule has 1 N–H and O–H groups in total. The average molecular weight is 210 g/mol. The molecule has 3 atom stereocenters. The molecule has 1 rings (SSSR count). The molecule has 15 heavy (non-hydrogen) atoms. The van der Waals surface area contributed by atoms with Gasteiger partial charge in [-0.25, -0.2) is 0 Å². The SMILES string of the molecule is C=CCN1CC(C(C)CC)NCC1CC. The third kappa shape index (κ3) is 3.32. The molecule has 0 amide bonds. The Balaban J connectivity index is 2.52. The summed E-state index contributed by atoms with van der Waals surface area (Å²) in [5, 5.41) is 3.68. The van der Waals surface area contributed by atoms with E-state index >= 15 is 0 Å². The summed E-state index contributed by atoms with van der Waals surface area (Å²) in [5.41, 5.74) is 0. The highest BCUT2D eigenvalue weighted by atomic mass is 15.2. The van der Waals surface area contributed by atoms with E-state index < -0.39 is 0 Å². The summed E-state index contributed by atoms with van der Waals surface area (Å²) < 4.78 is 0. The largest absolute Gasteiger partial charge is 0.311 e. The van der Waals surface area contributed by atoms with Gasteiger partial charge in [-0.15, -0.1) is 6.58 Å². The molecular formula is C13H26N2. The normalized spacial score (nSPS) is 30.1. The van der Waals surface area contributed by atoms with Crippen LogP contribution >= 0.6 is 0 Å². The van der Waals surface area contributed by atoms with Gasteiger partial charge in [0.25, 0.3) is 0 Å². The molecule has 0 spiro atoms. The number of hydrogen-bond donors (Lipinski definition) is 1. The summed E-state index contributed by atoms with van der Waals surface area (Å²) in [4.78, 5) is 2.57. The highest BCUT2D eigenvalue weighted by Crippen LogP contribution is 2.16. The maximum Gasteiger partial charge on any atom is 0.0222 e. The van der Waals surface area contributed by atoms with E-state index in [-0.39, 0.29) is 0 Å². The fraction of sp³-hybridized carbons (Fsp3) is 0.846. The number of nitrogens with zero attached hydrogens (tertiary/aromatic N) is 1. The fourth-order valence-electron chi connectivity index (χ4n) is 2.34. The Kier molecular flexibility index (Phi) is 5.34. The quantitative estimate of drug-likeness (QED) is 0.700. The summed E-state index contributed by atoms with van der Waals surface area (Å²) in [5.74, 6) is 0.773. The zero-order valence-corrected chi connectivity index (χ0v) is 10.5. The second kappa shape index (κ2) is 6.29. The second-order valence-electron chi connectivity index (χ2n) is 4.70. The Morgan fingerprint density at radius 2 is 2.27 bits per heavy atom. The molecule has 2 heteroatoms. The zero-order valence-electron chi connectivity index (χ0n) is 10.5. The molecule has 0 radical (unpaired) electrons. The highest BCUT2D eigenvalue weighted by Gasteiger charge is 2.27. The van der Waals surface area contributed by atoms with Crippen LogP contribution in [0, 0.1) is 5.92 Å². The molecule has 1 saturated heterocycles. The minimum Gasteiger partial charge on any atom is -0.311 e. The molecule has 2 nitrogen and oxygen atoms in total. The van der Waals surface area contributed by atoms with Gasteiger partial charge >= 0.3 is 0 Å². The lowest BCUT2D eigenvalue weighted by molar-refractivity contribution is 0.119. The highest BCUT2D eigenvalue weighted by molar-refractivity contribution is 4.90. The first-order valence-corrected chi connectivity index (χ1v) is 6.31. The number of rotatable bonds is 5. The lowest BCUT2D eigenvalue weighted by Crippen LogP contribution is -2.58. The molecule has 88 valence electrons. The standard InChI is InChI=1S/C13H26N2/c1-5-8-15-10-13(11(4)6-2)14-9-12(15)7-3/h5,11-14H,1,6-10H2,2-4H3. The first kappa shape index (κ1) is 12.7. The van der Waals surface area contributed by atoms with Gasteiger partial charge in [-0.2, -0.15) is 0 Å². The van der Waals surface area contributed by atoms with Crippen LogP contribution in [-0.2, 0) is 0 Å². The molecule has 0 aromatic rings. The van der Waals surface area contributed by atoms with Gasteiger partial charge in [-0.3, -0.25) is 4.90 Å². The van der Waals surface area contributed by atoms with E-state index in [1.807, 2.05) is 6.08 Å². The van der Waals surface area contributed by atoms with Crippen LogP contribution in [-0.4, -0.2) is 36.6 Å². The first-order valence-electron chi connectivity index (χ1n) is 6.31. The molecule has 1 aliphatic rings. The minimum atomic E-state index is 0.665. The van der Waals surface area contributed by atoms with Gasteiger partial charge < -0.3 is 5.32 Å². The molecule has 1 heterocycles. The summed E-state index contributed by atoms with van der Waals surface area (Å²) in [7, 11) is 0. The molecule has 0 aromatic heterocycles. The predicted octanol–water partition coefficient (Wildman–Crippen LogP) is 2.27. The van der Waals surface area contributed by atoms with Crippen LogP contribution in [0.3, 0.4) is 0 Å². The topological polar surface area (TPSA) is 15.3 Å². The minimum absolute atomic E-state index is 0.665. The van der Waals surface area contributed by atoms with E-state index in [0.717, 1.165) is 19.0 Å². The summed E-state index contributed by atoms with van der Waals surface area (Å²) in [6.07, 6.45) is 4.52. The van der Waals surface area contributed by atoms with Crippen LogP contribution in [0.1, 0.15) is 33.6 Å². The van der Waals surface area contributed by atoms with Crippen molar-refractivity contribution in [1.29, 1.82) is 0 Å². The maximum absolute atomic E-state index is 3.85. The van der Waals surface area contributed by atoms with Crippen molar-refractivity contribution >= 4 is 0 Å². The molecular weight excluding hydrogens is 184 g/mol. The van der Waals surface area contributed by atoms with Gasteiger partial charge in [0.1, 0.15) is 0 Å². The van der Waals surface area contributed by atoms with Crippen molar-refractivity contribution in [3.05, 3.63) is 12.7 Å².